The molecule has 0 fully saturated rings. The highest BCUT2D eigenvalue weighted by Gasteiger charge is 2.27. The van der Waals surface area contributed by atoms with Crippen LogP contribution < -0.4 is 10.2 Å². The van der Waals surface area contributed by atoms with Crippen LogP contribution in [-0.4, -0.2) is 69.4 Å². The van der Waals surface area contributed by atoms with Gasteiger partial charge in [0.15, 0.2) is 0 Å². The maximum absolute atomic E-state index is 13.6. The van der Waals surface area contributed by atoms with Crippen LogP contribution >= 0.6 is 7.82 Å². The number of ether oxygens (including phenoxy) is 1. The second-order valence-electron chi connectivity index (χ2n) is 24.3. The van der Waals surface area contributed by atoms with Crippen LogP contribution in [0.2, 0.25) is 0 Å². The molecule has 0 bridgehead atoms. The van der Waals surface area contributed by atoms with E-state index >= 15 is 0 Å². The number of hydrogen-bond acceptors (Lipinski definition) is 7. The first-order chi connectivity index (χ1) is 38.4. The van der Waals surface area contributed by atoms with Crippen molar-refractivity contribution in [2.45, 2.75) is 341 Å². The van der Waals surface area contributed by atoms with Crippen LogP contribution in [0.4, 0.5) is 0 Å². The number of likely N-dealkylation sites (N-methyl/N-ethyl adjacent to an activating group) is 1. The van der Waals surface area contributed by atoms with Crippen LogP contribution in [0.5, 0.6) is 0 Å². The van der Waals surface area contributed by atoms with E-state index in [-0.39, 0.29) is 31.5 Å². The van der Waals surface area contributed by atoms with Crippen molar-refractivity contribution in [3.05, 3.63) is 48.6 Å². The first-order valence-corrected chi connectivity index (χ1v) is 35.4. The Balaban J connectivity index is 5.17. The number of hydrogen-bond donors (Lipinski definition) is 1. The van der Waals surface area contributed by atoms with Gasteiger partial charge in [0.2, 0.25) is 5.91 Å². The van der Waals surface area contributed by atoms with Crippen molar-refractivity contribution in [3.63, 3.8) is 0 Å². The van der Waals surface area contributed by atoms with E-state index in [1.807, 2.05) is 33.3 Å². The van der Waals surface area contributed by atoms with E-state index in [1.165, 1.54) is 218 Å². The quantitative estimate of drug-likeness (QED) is 0.0212. The molecule has 9 nitrogen and oxygen atoms in total. The third-order valence-electron chi connectivity index (χ3n) is 15.2. The topological polar surface area (TPSA) is 114 Å². The molecule has 0 aromatic heterocycles. The minimum Gasteiger partial charge on any atom is -0.756 e. The highest BCUT2D eigenvalue weighted by atomic mass is 31.2. The van der Waals surface area contributed by atoms with E-state index in [0.29, 0.717) is 17.4 Å². The summed E-state index contributed by atoms with van der Waals surface area (Å²) >= 11 is 0. The lowest BCUT2D eigenvalue weighted by Crippen LogP contribution is -2.47. The van der Waals surface area contributed by atoms with E-state index in [4.69, 9.17) is 13.8 Å². The van der Waals surface area contributed by atoms with Gasteiger partial charge in [-0.2, -0.15) is 0 Å². The van der Waals surface area contributed by atoms with E-state index in [0.717, 1.165) is 77.0 Å². The Kier molecular flexibility index (Phi) is 57.6. The molecule has 464 valence electrons. The summed E-state index contributed by atoms with van der Waals surface area (Å²) in [5, 5.41) is 3.04. The summed E-state index contributed by atoms with van der Waals surface area (Å²) in [6.07, 6.45) is 73.6. The molecule has 0 spiro atoms. The first-order valence-electron chi connectivity index (χ1n) is 33.9. The van der Waals surface area contributed by atoms with Crippen molar-refractivity contribution in [2.24, 2.45) is 0 Å². The number of amides is 1. The van der Waals surface area contributed by atoms with Crippen molar-refractivity contribution < 1.29 is 37.3 Å². The molecule has 0 aliphatic heterocycles. The normalized spacial score (nSPS) is 13.9. The SMILES string of the molecule is CCCCC/C=C\C/C=C\CCCCCCCCCCCC(=O)NC(COP(=O)([O-])OCC[N+](C)(C)C)C(/C=C/CCCCCCCCCCCCC)OC(=O)CCCCCCCCCCCCC/C=C/CCCCCCCC. The zero-order chi connectivity index (χ0) is 57.9. The average Bonchev–Trinajstić information content (AvgIpc) is 3.41. The first kappa shape index (κ1) is 77.0. The molecule has 3 unspecified atom stereocenters. The minimum absolute atomic E-state index is 0.0224. The second kappa shape index (κ2) is 59.1. The summed E-state index contributed by atoms with van der Waals surface area (Å²) in [6.45, 7) is 6.85. The number of carbonyl (C=O) groups is 2. The van der Waals surface area contributed by atoms with Crippen LogP contribution in [-0.2, 0) is 27.9 Å². The predicted molar refractivity (Wildman–Crippen MR) is 339 cm³/mol. The fourth-order valence-corrected chi connectivity index (χ4v) is 10.7. The molecule has 0 saturated carbocycles. The molecule has 0 heterocycles. The van der Waals surface area contributed by atoms with Gasteiger partial charge < -0.3 is 28.5 Å². The van der Waals surface area contributed by atoms with E-state index in [1.54, 1.807) is 0 Å². The van der Waals surface area contributed by atoms with Gasteiger partial charge in [-0.3, -0.25) is 14.2 Å². The van der Waals surface area contributed by atoms with Crippen LogP contribution in [0.1, 0.15) is 329 Å². The van der Waals surface area contributed by atoms with E-state index < -0.39 is 20.0 Å². The third-order valence-corrected chi connectivity index (χ3v) is 16.2. The molecule has 1 amide bonds. The summed E-state index contributed by atoms with van der Waals surface area (Å²) in [5.74, 6) is -0.534. The molecule has 0 rings (SSSR count). The van der Waals surface area contributed by atoms with Gasteiger partial charge in [0.05, 0.1) is 33.8 Å². The van der Waals surface area contributed by atoms with Gasteiger partial charge in [0, 0.05) is 12.8 Å². The Morgan fingerprint density at radius 2 is 0.772 bits per heavy atom. The van der Waals surface area contributed by atoms with Crippen LogP contribution in [0.15, 0.2) is 48.6 Å². The van der Waals surface area contributed by atoms with Crippen molar-refractivity contribution in [1.82, 2.24) is 5.32 Å². The molecule has 10 heteroatoms. The highest BCUT2D eigenvalue weighted by molar-refractivity contribution is 7.45. The Bertz CT molecular complexity index is 1490. The Morgan fingerprint density at radius 3 is 1.18 bits per heavy atom. The lowest BCUT2D eigenvalue weighted by atomic mass is 10.0. The number of quaternary nitrogens is 1. The number of allylic oxidation sites excluding steroid dienone is 7. The smallest absolute Gasteiger partial charge is 0.306 e. The largest absolute Gasteiger partial charge is 0.756 e. The number of unbranched alkanes of at least 4 members (excludes halogenated alkanes) is 40. The van der Waals surface area contributed by atoms with Crippen molar-refractivity contribution in [1.29, 1.82) is 0 Å². The van der Waals surface area contributed by atoms with Gasteiger partial charge in [0.1, 0.15) is 19.3 Å². The maximum atomic E-state index is 13.6. The minimum atomic E-state index is -4.70. The number of nitrogens with one attached hydrogen (secondary N) is 1. The molecule has 0 aromatic rings. The number of carbonyl (C=O) groups excluding carboxylic acids is 2. The fraction of sp³-hybridized carbons (Fsp3) is 0.855. The van der Waals surface area contributed by atoms with Crippen LogP contribution in [0.25, 0.3) is 0 Å². The Hall–Kier alpha value is -2.03. The Labute approximate surface area is 490 Å². The fourth-order valence-electron chi connectivity index (χ4n) is 9.96. The molecule has 79 heavy (non-hydrogen) atoms. The molecular weight excluding hydrogens is 1000 g/mol. The molecule has 0 radical (unpaired) electrons. The summed E-state index contributed by atoms with van der Waals surface area (Å²) in [7, 11) is 1.19. The molecule has 0 aliphatic carbocycles. The molecule has 0 aliphatic rings. The summed E-state index contributed by atoms with van der Waals surface area (Å²) < 4.78 is 30.4. The van der Waals surface area contributed by atoms with Gasteiger partial charge in [-0.1, -0.05) is 275 Å². The second-order valence-corrected chi connectivity index (χ2v) is 25.7. The molecule has 0 saturated heterocycles. The van der Waals surface area contributed by atoms with Crippen molar-refractivity contribution in [3.8, 4) is 0 Å². The number of nitrogens with zero attached hydrogens (tertiary/aromatic N) is 1. The third kappa shape index (κ3) is 60.4. The van der Waals surface area contributed by atoms with Crippen molar-refractivity contribution in [2.75, 3.05) is 40.9 Å². The van der Waals surface area contributed by atoms with Gasteiger partial charge >= 0.3 is 5.97 Å². The zero-order valence-corrected chi connectivity index (χ0v) is 54.0. The van der Waals surface area contributed by atoms with Gasteiger partial charge in [-0.25, -0.2) is 0 Å². The van der Waals surface area contributed by atoms with E-state index in [2.05, 4.69) is 62.5 Å². The summed E-state index contributed by atoms with van der Waals surface area (Å²) in [4.78, 5) is 40.1. The number of rotatable bonds is 62. The standard InChI is InChI=1S/C69H131N2O7P/c1-7-10-13-16-19-22-25-28-30-32-34-35-37-39-41-44-47-50-53-56-59-62-69(73)78-67(60-57-54-51-48-45-42-27-24-21-18-15-12-9-3)66(65-77-79(74,75)76-64-63-71(4,5)6)70-68(72)61-58-55-52-49-46-43-40-38-36-33-31-29-26-23-20-17-14-11-8-2/h20,23,28-31,57,60,66-67H,7-19,21-22,24-27,32-56,58-59,61-65H2,1-6H3,(H-,70,72,74,75)/b23-20-,30-28+,31-29-,60-57+. The average molecular weight is 1130 g/mol. The lowest BCUT2D eigenvalue weighted by molar-refractivity contribution is -0.870. The van der Waals surface area contributed by atoms with Crippen molar-refractivity contribution >= 4 is 19.7 Å². The molecule has 0 aromatic carbocycles. The molecular formula is C69H131N2O7P. The summed E-state index contributed by atoms with van der Waals surface area (Å²) in [5.41, 5.74) is 0. The molecule has 1 N–H and O–H groups in total. The zero-order valence-electron chi connectivity index (χ0n) is 53.1. The number of phosphoric ester groups is 1. The predicted octanol–water partition coefficient (Wildman–Crippen LogP) is 20.6. The van der Waals surface area contributed by atoms with Crippen LogP contribution in [0.3, 0.4) is 0 Å². The van der Waals surface area contributed by atoms with E-state index in [9.17, 15) is 19.0 Å². The lowest BCUT2D eigenvalue weighted by Gasteiger charge is -2.30. The molecule has 3 atom stereocenters. The number of esters is 1. The van der Waals surface area contributed by atoms with Crippen LogP contribution in [0, 0.1) is 0 Å². The highest BCUT2D eigenvalue weighted by Crippen LogP contribution is 2.38. The summed E-state index contributed by atoms with van der Waals surface area (Å²) in [6, 6.07) is -0.890. The maximum Gasteiger partial charge on any atom is 0.306 e. The van der Waals surface area contributed by atoms with Gasteiger partial charge in [-0.15, -0.1) is 0 Å². The number of phosphoric acid groups is 1. The Morgan fingerprint density at radius 1 is 0.443 bits per heavy atom. The van der Waals surface area contributed by atoms with Gasteiger partial charge in [0.25, 0.3) is 7.82 Å². The monoisotopic (exact) mass is 1130 g/mol. The van der Waals surface area contributed by atoms with Gasteiger partial charge in [-0.05, 0) is 89.5 Å².